The highest BCUT2D eigenvalue weighted by atomic mass is 16.4. The van der Waals surface area contributed by atoms with E-state index in [2.05, 4.69) is 11.4 Å². The molecule has 1 aromatic heterocycles. The highest BCUT2D eigenvalue weighted by Gasteiger charge is 2.05. The van der Waals surface area contributed by atoms with Crippen molar-refractivity contribution in [2.24, 2.45) is 0 Å². The summed E-state index contributed by atoms with van der Waals surface area (Å²) in [6, 6.07) is 17.8. The zero-order valence-electron chi connectivity index (χ0n) is 10.5. The predicted octanol–water partition coefficient (Wildman–Crippen LogP) is 3.41. The minimum Gasteiger partial charge on any atom is -0.423 e. The average Bonchev–Trinajstić information content (AvgIpc) is 2.48. The van der Waals surface area contributed by atoms with Crippen LogP contribution in [0.2, 0.25) is 0 Å². The summed E-state index contributed by atoms with van der Waals surface area (Å²) in [7, 11) is 0. The molecule has 0 amide bonds. The normalized spacial score (nSPS) is 10.2. The molecule has 0 aliphatic rings. The number of nitrogens with one attached hydrogen (secondary N) is 1. The Kier molecular flexibility index (Phi) is 2.94. The van der Waals surface area contributed by atoms with E-state index in [0.717, 1.165) is 11.1 Å². The van der Waals surface area contributed by atoms with Crippen LogP contribution in [0, 0.1) is 11.3 Å². The smallest absolute Gasteiger partial charge is 0.338 e. The van der Waals surface area contributed by atoms with Gasteiger partial charge in [0.2, 0.25) is 0 Å². The number of para-hydroxylation sites is 1. The minimum absolute atomic E-state index is 0.403. The molecule has 0 spiro atoms. The molecule has 2 aromatic carbocycles. The van der Waals surface area contributed by atoms with E-state index >= 15 is 0 Å². The van der Waals surface area contributed by atoms with Gasteiger partial charge in [0, 0.05) is 17.1 Å². The van der Waals surface area contributed by atoms with Crippen LogP contribution in [-0.2, 0) is 0 Å². The van der Waals surface area contributed by atoms with Crippen molar-refractivity contribution in [3.8, 4) is 6.07 Å². The molecule has 3 aromatic rings. The predicted molar refractivity (Wildman–Crippen MR) is 76.9 cm³/mol. The first kappa shape index (κ1) is 12.0. The third-order valence-corrected chi connectivity index (χ3v) is 2.94. The van der Waals surface area contributed by atoms with Gasteiger partial charge in [-0.15, -0.1) is 0 Å². The molecule has 0 radical (unpaired) electrons. The van der Waals surface area contributed by atoms with Crippen molar-refractivity contribution < 1.29 is 4.42 Å². The van der Waals surface area contributed by atoms with Crippen molar-refractivity contribution in [3.63, 3.8) is 0 Å². The first-order chi connectivity index (χ1) is 9.76. The molecule has 96 valence electrons. The monoisotopic (exact) mass is 262 g/mol. The molecular formula is C16H10N2O2. The lowest BCUT2D eigenvalue weighted by atomic mass is 10.2. The number of nitriles is 1. The Labute approximate surface area is 114 Å². The van der Waals surface area contributed by atoms with Gasteiger partial charge in [-0.05, 0) is 36.4 Å². The summed E-state index contributed by atoms with van der Waals surface area (Å²) in [5, 5.41) is 12.8. The zero-order valence-corrected chi connectivity index (χ0v) is 10.5. The van der Waals surface area contributed by atoms with E-state index in [1.165, 1.54) is 6.07 Å². The molecule has 0 aliphatic carbocycles. The number of fused-ring (bicyclic) bond motifs is 1. The number of nitrogens with zero attached hydrogens (tertiary/aromatic N) is 1. The minimum atomic E-state index is -0.403. The molecular weight excluding hydrogens is 252 g/mol. The van der Waals surface area contributed by atoms with E-state index < -0.39 is 5.63 Å². The molecule has 4 heteroatoms. The van der Waals surface area contributed by atoms with Crippen LogP contribution in [0.25, 0.3) is 11.0 Å². The summed E-state index contributed by atoms with van der Waals surface area (Å²) in [5.74, 6) is 0. The summed E-state index contributed by atoms with van der Waals surface area (Å²) in [5.41, 5.74) is 2.21. The summed E-state index contributed by atoms with van der Waals surface area (Å²) in [6.45, 7) is 0. The summed E-state index contributed by atoms with van der Waals surface area (Å²) >= 11 is 0. The van der Waals surface area contributed by atoms with E-state index in [4.69, 9.17) is 9.68 Å². The standard InChI is InChI=1S/C16H10N2O2/c17-10-11-5-7-12(8-6-11)18-14-9-16(19)20-15-4-2-1-3-13(14)15/h1-9,18H. The van der Waals surface area contributed by atoms with Crippen molar-refractivity contribution in [2.75, 3.05) is 5.32 Å². The Morgan fingerprint density at radius 1 is 1.05 bits per heavy atom. The largest absolute Gasteiger partial charge is 0.423 e. The van der Waals surface area contributed by atoms with Crippen LogP contribution in [0.4, 0.5) is 11.4 Å². The van der Waals surface area contributed by atoms with Gasteiger partial charge in [-0.1, -0.05) is 12.1 Å². The number of benzene rings is 2. The van der Waals surface area contributed by atoms with Gasteiger partial charge >= 0.3 is 5.63 Å². The van der Waals surface area contributed by atoms with Gasteiger partial charge in [0.15, 0.2) is 0 Å². The molecule has 20 heavy (non-hydrogen) atoms. The van der Waals surface area contributed by atoms with Crippen LogP contribution in [0.1, 0.15) is 5.56 Å². The molecule has 0 aliphatic heterocycles. The number of rotatable bonds is 2. The van der Waals surface area contributed by atoms with Crippen molar-refractivity contribution in [1.82, 2.24) is 0 Å². The van der Waals surface area contributed by atoms with Crippen LogP contribution >= 0.6 is 0 Å². The van der Waals surface area contributed by atoms with Crippen LogP contribution in [0.3, 0.4) is 0 Å². The Bertz CT molecular complexity index is 858. The van der Waals surface area contributed by atoms with E-state index in [-0.39, 0.29) is 0 Å². The molecule has 1 N–H and O–H groups in total. The fourth-order valence-electron chi connectivity index (χ4n) is 2.00. The lowest BCUT2D eigenvalue weighted by molar-refractivity contribution is 0.561. The van der Waals surface area contributed by atoms with E-state index in [9.17, 15) is 4.79 Å². The zero-order chi connectivity index (χ0) is 13.9. The molecule has 4 nitrogen and oxygen atoms in total. The number of anilines is 2. The first-order valence-electron chi connectivity index (χ1n) is 6.06. The first-order valence-corrected chi connectivity index (χ1v) is 6.06. The highest BCUT2D eigenvalue weighted by molar-refractivity contribution is 5.91. The van der Waals surface area contributed by atoms with Crippen molar-refractivity contribution in [3.05, 3.63) is 70.6 Å². The Balaban J connectivity index is 2.05. The molecule has 0 saturated heterocycles. The third-order valence-electron chi connectivity index (χ3n) is 2.94. The van der Waals surface area contributed by atoms with Crippen LogP contribution in [0.5, 0.6) is 0 Å². The van der Waals surface area contributed by atoms with Crippen LogP contribution in [0.15, 0.2) is 63.8 Å². The second-order valence-electron chi connectivity index (χ2n) is 4.29. The summed E-state index contributed by atoms with van der Waals surface area (Å²) in [4.78, 5) is 11.5. The summed E-state index contributed by atoms with van der Waals surface area (Å²) < 4.78 is 5.14. The van der Waals surface area contributed by atoms with Gasteiger partial charge in [-0.2, -0.15) is 5.26 Å². The molecule has 1 heterocycles. The lowest BCUT2D eigenvalue weighted by Gasteiger charge is -2.08. The van der Waals surface area contributed by atoms with Crippen molar-refractivity contribution in [1.29, 1.82) is 5.26 Å². The van der Waals surface area contributed by atoms with Gasteiger partial charge < -0.3 is 9.73 Å². The third kappa shape index (κ3) is 2.25. The van der Waals surface area contributed by atoms with Crippen LogP contribution < -0.4 is 10.9 Å². The maximum absolute atomic E-state index is 11.5. The van der Waals surface area contributed by atoms with Gasteiger partial charge in [0.05, 0.1) is 17.3 Å². The topological polar surface area (TPSA) is 66.0 Å². The highest BCUT2D eigenvalue weighted by Crippen LogP contribution is 2.24. The fraction of sp³-hybridized carbons (Fsp3) is 0. The van der Waals surface area contributed by atoms with Crippen LogP contribution in [-0.4, -0.2) is 0 Å². The molecule has 3 rings (SSSR count). The summed E-state index contributed by atoms with van der Waals surface area (Å²) in [6.07, 6.45) is 0. The van der Waals surface area contributed by atoms with Gasteiger partial charge in [-0.25, -0.2) is 4.79 Å². The second-order valence-corrected chi connectivity index (χ2v) is 4.29. The molecule has 0 bridgehead atoms. The van der Waals surface area contributed by atoms with E-state index in [1.807, 2.05) is 18.2 Å². The lowest BCUT2D eigenvalue weighted by Crippen LogP contribution is -2.01. The number of hydrogen-bond acceptors (Lipinski definition) is 4. The molecule has 0 unspecified atom stereocenters. The molecule has 0 saturated carbocycles. The fourth-order valence-corrected chi connectivity index (χ4v) is 2.00. The Morgan fingerprint density at radius 2 is 1.80 bits per heavy atom. The maximum atomic E-state index is 11.5. The van der Waals surface area contributed by atoms with Gasteiger partial charge in [0.25, 0.3) is 0 Å². The quantitative estimate of drug-likeness (QED) is 0.719. The Morgan fingerprint density at radius 3 is 2.55 bits per heavy atom. The number of hydrogen-bond donors (Lipinski definition) is 1. The molecule has 0 atom stereocenters. The van der Waals surface area contributed by atoms with Gasteiger partial charge in [0.1, 0.15) is 5.58 Å². The van der Waals surface area contributed by atoms with Crippen molar-refractivity contribution in [2.45, 2.75) is 0 Å². The van der Waals surface area contributed by atoms with E-state index in [0.29, 0.717) is 16.8 Å². The second kappa shape index (κ2) is 4.90. The SMILES string of the molecule is N#Cc1ccc(Nc2cc(=O)oc3ccccc23)cc1. The van der Waals surface area contributed by atoms with Crippen molar-refractivity contribution >= 4 is 22.3 Å². The molecule has 0 fully saturated rings. The maximum Gasteiger partial charge on any atom is 0.338 e. The Hall–Kier alpha value is -3.06. The van der Waals surface area contributed by atoms with E-state index in [1.54, 1.807) is 30.3 Å². The van der Waals surface area contributed by atoms with Gasteiger partial charge in [-0.3, -0.25) is 0 Å². The average molecular weight is 262 g/mol.